The zero-order valence-electron chi connectivity index (χ0n) is 8.96. The number of benzene rings is 1. The summed E-state index contributed by atoms with van der Waals surface area (Å²) in [5.74, 6) is 0. The lowest BCUT2D eigenvalue weighted by atomic mass is 9.93. The Bertz CT molecular complexity index is 543. The molecule has 0 aromatic heterocycles. The first-order valence-electron chi connectivity index (χ1n) is 5.14. The summed E-state index contributed by atoms with van der Waals surface area (Å²) in [5, 5.41) is 2.30. The van der Waals surface area contributed by atoms with Crippen LogP contribution in [-0.4, -0.2) is 7.85 Å². The van der Waals surface area contributed by atoms with Crippen molar-refractivity contribution in [3.8, 4) is 0 Å². The predicted molar refractivity (Wildman–Crippen MR) is 67.9 cm³/mol. The van der Waals surface area contributed by atoms with Gasteiger partial charge < -0.3 is 0 Å². The van der Waals surface area contributed by atoms with Crippen LogP contribution in [0.15, 0.2) is 30.4 Å². The van der Waals surface area contributed by atoms with Crippen molar-refractivity contribution in [3.63, 3.8) is 0 Å². The highest BCUT2D eigenvalue weighted by Crippen LogP contribution is 2.10. The zero-order valence-corrected chi connectivity index (χ0v) is 8.96. The molecule has 2 radical (unpaired) electrons. The number of rotatable bonds is 2. The molecular weight excluding hydrogens is 179 g/mol. The van der Waals surface area contributed by atoms with Crippen molar-refractivity contribution in [2.24, 2.45) is 0 Å². The van der Waals surface area contributed by atoms with Gasteiger partial charge in [-0.15, -0.1) is 0 Å². The van der Waals surface area contributed by atoms with Crippen LogP contribution < -0.4 is 10.4 Å². The fourth-order valence-corrected chi connectivity index (χ4v) is 1.96. The first-order chi connectivity index (χ1) is 7.27. The van der Waals surface area contributed by atoms with Crippen LogP contribution in [0.3, 0.4) is 0 Å². The minimum absolute atomic E-state index is 0.551. The summed E-state index contributed by atoms with van der Waals surface area (Å²) in [6.07, 6.45) is 8.95. The number of hydrogen-bond donors (Lipinski definition) is 0. The molecule has 0 saturated heterocycles. The fraction of sp³-hybridized carbons (Fsp3) is 0.143. The van der Waals surface area contributed by atoms with Crippen molar-refractivity contribution in [3.05, 3.63) is 51.9 Å². The average Bonchev–Trinajstić information content (AvgIpc) is 2.64. The van der Waals surface area contributed by atoms with Gasteiger partial charge in [0.15, 0.2) is 0 Å². The van der Waals surface area contributed by atoms with E-state index in [9.17, 15) is 0 Å². The van der Waals surface area contributed by atoms with Crippen molar-refractivity contribution in [2.75, 3.05) is 0 Å². The summed E-state index contributed by atoms with van der Waals surface area (Å²) in [5.41, 5.74) is 3.59. The summed E-state index contributed by atoms with van der Waals surface area (Å²) in [7, 11) is 5.68. The predicted octanol–water partition coefficient (Wildman–Crippen LogP) is 1.52. The van der Waals surface area contributed by atoms with Crippen LogP contribution in [0.2, 0.25) is 0 Å². The molecule has 0 atom stereocenters. The highest BCUT2D eigenvalue weighted by atomic mass is 14.1. The van der Waals surface area contributed by atoms with Crippen molar-refractivity contribution in [2.45, 2.75) is 13.2 Å². The quantitative estimate of drug-likeness (QED) is 0.623. The van der Waals surface area contributed by atoms with Gasteiger partial charge in [0.05, 0.1) is 7.85 Å². The van der Waals surface area contributed by atoms with E-state index in [1.807, 2.05) is 13.0 Å². The average molecular weight is 192 g/mol. The van der Waals surface area contributed by atoms with Gasteiger partial charge >= 0.3 is 0 Å². The maximum absolute atomic E-state index is 5.68. The van der Waals surface area contributed by atoms with E-state index < -0.39 is 0 Å². The van der Waals surface area contributed by atoms with Crippen LogP contribution in [0.5, 0.6) is 0 Å². The van der Waals surface area contributed by atoms with Gasteiger partial charge in [-0.05, 0) is 34.1 Å². The summed E-state index contributed by atoms with van der Waals surface area (Å²) in [6, 6.07) is 4.17. The topological polar surface area (TPSA) is 0 Å². The van der Waals surface area contributed by atoms with Crippen LogP contribution in [0.4, 0.5) is 0 Å². The monoisotopic (exact) mass is 192 g/mol. The normalized spacial score (nSPS) is 13.8. The van der Waals surface area contributed by atoms with Gasteiger partial charge in [-0.2, -0.15) is 0 Å². The molecule has 0 nitrogen and oxygen atoms in total. The lowest BCUT2D eigenvalue weighted by molar-refractivity contribution is 1.32. The first kappa shape index (κ1) is 10.0. The maximum atomic E-state index is 5.68. The largest absolute Gasteiger partial charge is 0.0909 e. The Morgan fingerprint density at radius 3 is 2.80 bits per heavy atom. The standard InChI is InChI=1S/C14H13B/c1-3-4-11-5-6-12-7-8-13(9-15)10(2)14(11)12/h3-8H,2,9H2,1H3/b4-3-. The van der Waals surface area contributed by atoms with Crippen LogP contribution in [0.25, 0.3) is 18.2 Å². The molecule has 0 fully saturated rings. The molecule has 2 rings (SSSR count). The summed E-state index contributed by atoms with van der Waals surface area (Å²) < 4.78 is 0. The van der Waals surface area contributed by atoms with Gasteiger partial charge in [-0.25, -0.2) is 0 Å². The Balaban J connectivity index is 2.82. The van der Waals surface area contributed by atoms with Crippen LogP contribution >= 0.6 is 0 Å². The zero-order chi connectivity index (χ0) is 10.8. The molecule has 1 aliphatic rings. The van der Waals surface area contributed by atoms with E-state index in [1.54, 1.807) is 0 Å². The second kappa shape index (κ2) is 3.94. The van der Waals surface area contributed by atoms with E-state index >= 15 is 0 Å². The van der Waals surface area contributed by atoms with Crippen molar-refractivity contribution in [1.82, 2.24) is 0 Å². The molecule has 0 saturated carbocycles. The van der Waals surface area contributed by atoms with E-state index in [2.05, 4.69) is 36.9 Å². The SMILES string of the molecule is [B]Cc1ccc2c(c1=C)=C(/C=C\C)C=C2. The Morgan fingerprint density at radius 2 is 2.13 bits per heavy atom. The van der Waals surface area contributed by atoms with Gasteiger partial charge in [-0.1, -0.05) is 49.3 Å². The molecule has 1 heteroatoms. The minimum atomic E-state index is 0.551. The van der Waals surface area contributed by atoms with Crippen molar-refractivity contribution >= 4 is 26.1 Å². The van der Waals surface area contributed by atoms with E-state index in [0.29, 0.717) is 6.32 Å². The smallest absolute Gasteiger partial charge is 0.0716 e. The van der Waals surface area contributed by atoms with Gasteiger partial charge in [-0.3, -0.25) is 0 Å². The fourth-order valence-electron chi connectivity index (χ4n) is 1.96. The first-order valence-corrected chi connectivity index (χ1v) is 5.14. The molecular formula is C14H13B. The van der Waals surface area contributed by atoms with Crippen LogP contribution in [-0.2, 0) is 6.32 Å². The van der Waals surface area contributed by atoms with E-state index in [1.165, 1.54) is 16.4 Å². The number of hydrogen-bond acceptors (Lipinski definition) is 0. The van der Waals surface area contributed by atoms with Gasteiger partial charge in [0.25, 0.3) is 0 Å². The Morgan fingerprint density at radius 1 is 1.33 bits per heavy atom. The van der Waals surface area contributed by atoms with Gasteiger partial charge in [0.2, 0.25) is 0 Å². The molecule has 1 aliphatic carbocycles. The third-order valence-electron chi connectivity index (χ3n) is 2.74. The summed E-state index contributed by atoms with van der Waals surface area (Å²) in [4.78, 5) is 0. The molecule has 0 unspecified atom stereocenters. The summed E-state index contributed by atoms with van der Waals surface area (Å²) >= 11 is 0. The molecule has 0 amide bonds. The molecule has 72 valence electrons. The third kappa shape index (κ3) is 1.59. The lowest BCUT2D eigenvalue weighted by Gasteiger charge is -2.01. The van der Waals surface area contributed by atoms with E-state index in [0.717, 1.165) is 10.8 Å². The highest BCUT2D eigenvalue weighted by Gasteiger charge is 2.05. The minimum Gasteiger partial charge on any atom is -0.0909 e. The Kier molecular flexibility index (Phi) is 2.63. The summed E-state index contributed by atoms with van der Waals surface area (Å²) in [6.45, 7) is 6.14. The number of fused-ring (bicyclic) bond motifs is 1. The third-order valence-corrected chi connectivity index (χ3v) is 2.74. The molecule has 1 aromatic carbocycles. The van der Waals surface area contributed by atoms with Gasteiger partial charge in [0.1, 0.15) is 0 Å². The van der Waals surface area contributed by atoms with E-state index in [-0.39, 0.29) is 0 Å². The Labute approximate surface area is 91.7 Å². The molecule has 1 aromatic rings. The Hall–Kier alpha value is -1.50. The lowest BCUT2D eigenvalue weighted by Crippen LogP contribution is -2.30. The second-order valence-electron chi connectivity index (χ2n) is 3.66. The van der Waals surface area contributed by atoms with Crippen LogP contribution in [0.1, 0.15) is 18.1 Å². The molecule has 0 N–H and O–H groups in total. The molecule has 0 aliphatic heterocycles. The van der Waals surface area contributed by atoms with Crippen molar-refractivity contribution in [1.29, 1.82) is 0 Å². The molecule has 15 heavy (non-hydrogen) atoms. The van der Waals surface area contributed by atoms with E-state index in [4.69, 9.17) is 7.85 Å². The number of allylic oxidation sites excluding steroid dienone is 3. The maximum Gasteiger partial charge on any atom is 0.0716 e. The molecule has 0 bridgehead atoms. The second-order valence-corrected chi connectivity index (χ2v) is 3.66. The van der Waals surface area contributed by atoms with Crippen molar-refractivity contribution < 1.29 is 0 Å². The highest BCUT2D eigenvalue weighted by molar-refractivity contribution is 6.08. The van der Waals surface area contributed by atoms with Crippen LogP contribution in [0, 0.1) is 0 Å². The van der Waals surface area contributed by atoms with Gasteiger partial charge in [0, 0.05) is 0 Å². The molecule has 0 heterocycles. The molecule has 0 spiro atoms.